The van der Waals surface area contributed by atoms with Gasteiger partial charge in [-0.15, -0.1) is 0 Å². The van der Waals surface area contributed by atoms with E-state index in [1.807, 2.05) is 0 Å². The van der Waals surface area contributed by atoms with Gasteiger partial charge < -0.3 is 15.3 Å². The Morgan fingerprint density at radius 1 is 1.40 bits per heavy atom. The molecule has 106 valence electrons. The van der Waals surface area contributed by atoms with Gasteiger partial charge >= 0.3 is 0 Å². The number of aliphatic hydroxyl groups is 1. The molecule has 0 aromatic heterocycles. The van der Waals surface area contributed by atoms with Crippen molar-refractivity contribution in [3.05, 3.63) is 28.2 Å². The number of hydrogen-bond acceptors (Lipinski definition) is 4. The maximum Gasteiger partial charge on any atom is 0.299 e. The van der Waals surface area contributed by atoms with Crippen LogP contribution in [0.2, 0.25) is 0 Å². The van der Waals surface area contributed by atoms with Crippen molar-refractivity contribution in [2.24, 2.45) is 0 Å². The number of nitrogens with zero attached hydrogens (tertiary/aromatic N) is 1. The van der Waals surface area contributed by atoms with Crippen molar-refractivity contribution < 1.29 is 14.7 Å². The van der Waals surface area contributed by atoms with Gasteiger partial charge in [-0.25, -0.2) is 0 Å². The molecule has 5 nitrogen and oxygen atoms in total. The molecule has 0 bridgehead atoms. The van der Waals surface area contributed by atoms with E-state index in [9.17, 15) is 14.7 Å². The Labute approximate surface area is 125 Å². The van der Waals surface area contributed by atoms with E-state index in [2.05, 4.69) is 21.2 Å². The normalized spacial score (nSPS) is 19.4. The molecule has 0 saturated heterocycles. The van der Waals surface area contributed by atoms with Crippen LogP contribution in [0.3, 0.4) is 0 Å². The van der Waals surface area contributed by atoms with Gasteiger partial charge in [0, 0.05) is 17.1 Å². The zero-order valence-electron chi connectivity index (χ0n) is 10.8. The lowest BCUT2D eigenvalue weighted by molar-refractivity contribution is -0.114. The molecular formula is C14H15BrN2O3. The van der Waals surface area contributed by atoms with Gasteiger partial charge in [-0.2, -0.15) is 0 Å². The number of ketones is 1. The van der Waals surface area contributed by atoms with Gasteiger partial charge in [0.25, 0.3) is 11.7 Å². The van der Waals surface area contributed by atoms with E-state index < -0.39 is 17.8 Å². The second-order valence-electron chi connectivity index (χ2n) is 5.22. The summed E-state index contributed by atoms with van der Waals surface area (Å²) in [6, 6.07) is 5.74. The van der Waals surface area contributed by atoms with E-state index in [4.69, 9.17) is 0 Å². The summed E-state index contributed by atoms with van der Waals surface area (Å²) in [6.07, 6.45) is 1.60. The number of β-amino-alcohol motifs (C(OH)–C–C–N with tert-alkyl or cyclic N) is 1. The third kappa shape index (κ3) is 2.51. The number of carbonyl (C=O) groups excluding carboxylic acids is 2. The average molecular weight is 339 g/mol. The number of aliphatic hydroxyl groups excluding tert-OH is 1. The molecule has 2 N–H and O–H groups in total. The van der Waals surface area contributed by atoms with Gasteiger partial charge in [-0.3, -0.25) is 9.59 Å². The van der Waals surface area contributed by atoms with Crippen molar-refractivity contribution >= 4 is 33.3 Å². The predicted molar refractivity (Wildman–Crippen MR) is 77.9 cm³/mol. The third-order valence-corrected chi connectivity index (χ3v) is 4.22. The lowest BCUT2D eigenvalue weighted by atomic mass is 10.1. The van der Waals surface area contributed by atoms with Gasteiger partial charge in [-0.1, -0.05) is 6.07 Å². The monoisotopic (exact) mass is 338 g/mol. The van der Waals surface area contributed by atoms with E-state index in [1.165, 1.54) is 4.90 Å². The minimum Gasteiger partial charge on any atom is -0.390 e. The summed E-state index contributed by atoms with van der Waals surface area (Å²) >= 11 is 3.29. The summed E-state index contributed by atoms with van der Waals surface area (Å²) in [5.41, 5.74) is 0.958. The Balaban J connectivity index is 1.75. The number of carbonyl (C=O) groups is 2. The number of fused-ring (bicyclic) bond motifs is 1. The molecule has 1 atom stereocenters. The molecule has 1 heterocycles. The van der Waals surface area contributed by atoms with E-state index in [0.717, 1.165) is 12.8 Å². The molecule has 0 radical (unpaired) electrons. The van der Waals surface area contributed by atoms with Gasteiger partial charge in [0.2, 0.25) is 0 Å². The molecule has 6 heteroatoms. The van der Waals surface area contributed by atoms with E-state index in [-0.39, 0.29) is 6.54 Å². The first-order chi connectivity index (χ1) is 9.58. The number of rotatable bonds is 5. The van der Waals surface area contributed by atoms with Crippen LogP contribution in [0.25, 0.3) is 0 Å². The molecule has 20 heavy (non-hydrogen) atoms. The fourth-order valence-corrected chi connectivity index (χ4v) is 2.88. The van der Waals surface area contributed by atoms with Gasteiger partial charge in [0.15, 0.2) is 0 Å². The summed E-state index contributed by atoms with van der Waals surface area (Å²) < 4.78 is 0.612. The van der Waals surface area contributed by atoms with Crippen molar-refractivity contribution in [2.75, 3.05) is 18.0 Å². The quantitative estimate of drug-likeness (QED) is 0.788. The van der Waals surface area contributed by atoms with Crippen molar-refractivity contribution in [1.82, 2.24) is 5.32 Å². The van der Waals surface area contributed by atoms with Crippen LogP contribution in [0.1, 0.15) is 23.2 Å². The molecule has 1 saturated carbocycles. The second-order valence-corrected chi connectivity index (χ2v) is 6.07. The molecule has 2 aliphatic rings. The number of nitrogens with one attached hydrogen (secondary N) is 1. The number of halogens is 1. The van der Waals surface area contributed by atoms with Crippen molar-refractivity contribution in [3.63, 3.8) is 0 Å². The number of anilines is 1. The molecule has 1 unspecified atom stereocenters. The highest BCUT2D eigenvalue weighted by Gasteiger charge is 2.38. The Morgan fingerprint density at radius 3 is 2.85 bits per heavy atom. The first-order valence-corrected chi connectivity index (χ1v) is 7.43. The Kier molecular flexibility index (Phi) is 3.62. The molecule has 1 fully saturated rings. The number of benzene rings is 1. The minimum absolute atomic E-state index is 0.133. The number of Topliss-reactive ketones (excluding diaryl/α,β-unsaturated/α-hetero) is 1. The Morgan fingerprint density at radius 2 is 2.15 bits per heavy atom. The largest absolute Gasteiger partial charge is 0.390 e. The maximum absolute atomic E-state index is 12.0. The molecule has 1 aliphatic heterocycles. The van der Waals surface area contributed by atoms with Gasteiger partial charge in [0.05, 0.1) is 23.9 Å². The van der Waals surface area contributed by atoms with Crippen LogP contribution in [0.5, 0.6) is 0 Å². The van der Waals surface area contributed by atoms with Crippen LogP contribution in [0, 0.1) is 0 Å². The first kappa shape index (κ1) is 13.7. The lowest BCUT2D eigenvalue weighted by Gasteiger charge is -2.20. The average Bonchev–Trinajstić information content (AvgIpc) is 3.21. The fourth-order valence-electron chi connectivity index (χ4n) is 2.35. The van der Waals surface area contributed by atoms with Gasteiger partial charge in [-0.05, 0) is 40.9 Å². The third-order valence-electron chi connectivity index (χ3n) is 3.56. The summed E-state index contributed by atoms with van der Waals surface area (Å²) in [5.74, 6) is -1.09. The van der Waals surface area contributed by atoms with E-state index >= 15 is 0 Å². The minimum atomic E-state index is -0.683. The molecule has 1 aliphatic carbocycles. The molecular weight excluding hydrogens is 324 g/mol. The highest BCUT2D eigenvalue weighted by Crippen LogP contribution is 2.34. The molecule has 1 aromatic rings. The highest BCUT2D eigenvalue weighted by molar-refractivity contribution is 9.10. The topological polar surface area (TPSA) is 69.6 Å². The molecule has 1 aromatic carbocycles. The lowest BCUT2D eigenvalue weighted by Crippen LogP contribution is -2.41. The Bertz CT molecular complexity index is 572. The fraction of sp³-hybridized carbons (Fsp3) is 0.429. The van der Waals surface area contributed by atoms with Crippen LogP contribution in [0.4, 0.5) is 5.69 Å². The zero-order valence-corrected chi connectivity index (χ0v) is 12.4. The number of amides is 1. The maximum atomic E-state index is 12.0. The van der Waals surface area contributed by atoms with Crippen LogP contribution in [0.15, 0.2) is 22.7 Å². The summed E-state index contributed by atoms with van der Waals surface area (Å²) in [6.45, 7) is 0.569. The highest BCUT2D eigenvalue weighted by atomic mass is 79.9. The zero-order chi connectivity index (χ0) is 14.3. The van der Waals surface area contributed by atoms with Crippen molar-refractivity contribution in [3.8, 4) is 0 Å². The van der Waals surface area contributed by atoms with Crippen molar-refractivity contribution in [2.45, 2.75) is 25.0 Å². The van der Waals surface area contributed by atoms with Crippen molar-refractivity contribution in [1.29, 1.82) is 0 Å². The first-order valence-electron chi connectivity index (χ1n) is 6.64. The second kappa shape index (κ2) is 5.27. The molecule has 1 amide bonds. The van der Waals surface area contributed by atoms with Crippen LogP contribution < -0.4 is 10.2 Å². The molecule has 0 spiro atoms. The number of hydrogen-bond donors (Lipinski definition) is 2. The van der Waals surface area contributed by atoms with E-state index in [1.54, 1.807) is 18.2 Å². The summed E-state index contributed by atoms with van der Waals surface area (Å²) in [5, 5.41) is 13.2. The SMILES string of the molecule is O=C1C(=O)N(CC(O)CNC2CC2)c2cccc(Br)c21. The van der Waals surface area contributed by atoms with E-state index in [0.29, 0.717) is 28.3 Å². The summed E-state index contributed by atoms with van der Waals surface area (Å²) in [4.78, 5) is 25.4. The standard InChI is InChI=1S/C14H15BrN2O3/c15-10-2-1-3-11-12(10)13(19)14(20)17(11)7-9(18)6-16-8-4-5-8/h1-3,8-9,16,18H,4-7H2. The Hall–Kier alpha value is -1.24. The van der Waals surface area contributed by atoms with Crippen LogP contribution in [-0.4, -0.2) is 42.0 Å². The predicted octanol–water partition coefficient (Wildman–Crippen LogP) is 1.09. The van der Waals surface area contributed by atoms with Gasteiger partial charge in [0.1, 0.15) is 0 Å². The van der Waals surface area contributed by atoms with Crippen LogP contribution in [-0.2, 0) is 4.79 Å². The molecule has 3 rings (SSSR count). The van der Waals surface area contributed by atoms with Crippen LogP contribution >= 0.6 is 15.9 Å². The smallest absolute Gasteiger partial charge is 0.299 e. The summed E-state index contributed by atoms with van der Waals surface area (Å²) in [7, 11) is 0.